The number of nitrogens with two attached hydrogens (primary N) is 1. The molecule has 0 aromatic carbocycles. The molecule has 0 aromatic heterocycles. The Balaban J connectivity index is 2.15. The van der Waals surface area contributed by atoms with Crippen molar-refractivity contribution in [2.45, 2.75) is 50.7 Å². The summed E-state index contributed by atoms with van der Waals surface area (Å²) in [6.45, 7) is 1.27. The summed E-state index contributed by atoms with van der Waals surface area (Å²) in [5.41, 5.74) is 5.78. The molecule has 1 rings (SSSR count). The van der Waals surface area contributed by atoms with Gasteiger partial charge in [-0.1, -0.05) is 6.42 Å². The Kier molecular flexibility index (Phi) is 7.23. The molecule has 0 heterocycles. The number of carbonyl (C=O) groups excluding carboxylic acids is 1. The SMILES string of the molecule is COCCCC(N)C(=O)NCC1CCCC(O)C1. The van der Waals surface area contributed by atoms with Gasteiger partial charge in [-0.2, -0.15) is 0 Å². The molecule has 18 heavy (non-hydrogen) atoms. The Bertz CT molecular complexity index is 248. The van der Waals surface area contributed by atoms with E-state index in [9.17, 15) is 9.90 Å². The highest BCUT2D eigenvalue weighted by atomic mass is 16.5. The van der Waals surface area contributed by atoms with E-state index >= 15 is 0 Å². The molecule has 5 nitrogen and oxygen atoms in total. The maximum atomic E-state index is 11.7. The summed E-state index contributed by atoms with van der Waals surface area (Å²) in [5, 5.41) is 12.4. The first-order chi connectivity index (χ1) is 8.63. The minimum absolute atomic E-state index is 0.0915. The second kappa shape index (κ2) is 8.45. The lowest BCUT2D eigenvalue weighted by Gasteiger charge is -2.26. The second-order valence-corrected chi connectivity index (χ2v) is 5.17. The average Bonchev–Trinajstić information content (AvgIpc) is 2.36. The van der Waals surface area contributed by atoms with Gasteiger partial charge in [0, 0.05) is 20.3 Å². The number of ether oxygens (including phenoxy) is 1. The maximum absolute atomic E-state index is 11.7. The number of hydrogen-bond donors (Lipinski definition) is 3. The summed E-state index contributed by atoms with van der Waals surface area (Å²) < 4.78 is 4.92. The van der Waals surface area contributed by atoms with Crippen LogP contribution in [0.2, 0.25) is 0 Å². The predicted octanol–water partition coefficient (Wildman–Crippen LogP) is 0.408. The van der Waals surface area contributed by atoms with Crippen molar-refractivity contribution in [3.05, 3.63) is 0 Å². The fourth-order valence-electron chi connectivity index (χ4n) is 2.40. The van der Waals surface area contributed by atoms with Crippen LogP contribution in [0.25, 0.3) is 0 Å². The molecular weight excluding hydrogens is 232 g/mol. The van der Waals surface area contributed by atoms with Crippen LogP contribution in [0.3, 0.4) is 0 Å². The van der Waals surface area contributed by atoms with Gasteiger partial charge >= 0.3 is 0 Å². The molecule has 1 aliphatic rings. The number of aliphatic hydroxyl groups excluding tert-OH is 1. The van der Waals surface area contributed by atoms with Gasteiger partial charge in [0.05, 0.1) is 12.1 Å². The van der Waals surface area contributed by atoms with Crippen LogP contribution in [-0.2, 0) is 9.53 Å². The third kappa shape index (κ3) is 5.80. The first kappa shape index (κ1) is 15.4. The summed E-state index contributed by atoms with van der Waals surface area (Å²) in [6.07, 6.45) is 5.05. The first-order valence-corrected chi connectivity index (χ1v) is 6.83. The van der Waals surface area contributed by atoms with Crippen molar-refractivity contribution in [3.63, 3.8) is 0 Å². The fraction of sp³-hybridized carbons (Fsp3) is 0.923. The zero-order valence-electron chi connectivity index (χ0n) is 11.2. The molecule has 106 valence electrons. The van der Waals surface area contributed by atoms with Crippen molar-refractivity contribution < 1.29 is 14.6 Å². The van der Waals surface area contributed by atoms with Gasteiger partial charge in [0.25, 0.3) is 0 Å². The molecule has 0 spiro atoms. The third-order valence-electron chi connectivity index (χ3n) is 3.52. The molecule has 3 unspecified atom stereocenters. The lowest BCUT2D eigenvalue weighted by atomic mass is 9.87. The highest BCUT2D eigenvalue weighted by Gasteiger charge is 2.21. The van der Waals surface area contributed by atoms with Gasteiger partial charge in [-0.05, 0) is 38.0 Å². The molecule has 0 aromatic rings. The van der Waals surface area contributed by atoms with E-state index in [-0.39, 0.29) is 12.0 Å². The van der Waals surface area contributed by atoms with Crippen molar-refractivity contribution in [1.29, 1.82) is 0 Å². The van der Waals surface area contributed by atoms with Crippen LogP contribution < -0.4 is 11.1 Å². The standard InChI is InChI=1S/C13H26N2O3/c1-18-7-3-6-12(14)13(17)15-9-10-4-2-5-11(16)8-10/h10-12,16H,2-9,14H2,1H3,(H,15,17). The van der Waals surface area contributed by atoms with Crippen molar-refractivity contribution in [2.75, 3.05) is 20.3 Å². The largest absolute Gasteiger partial charge is 0.393 e. The number of aliphatic hydroxyl groups is 1. The van der Waals surface area contributed by atoms with Crippen LogP contribution in [0.5, 0.6) is 0 Å². The molecule has 3 atom stereocenters. The molecule has 1 saturated carbocycles. The summed E-state index contributed by atoms with van der Waals surface area (Å²) >= 11 is 0. The van der Waals surface area contributed by atoms with E-state index in [1.807, 2.05) is 0 Å². The zero-order chi connectivity index (χ0) is 13.4. The van der Waals surface area contributed by atoms with Gasteiger partial charge in [0.2, 0.25) is 5.91 Å². The van der Waals surface area contributed by atoms with Crippen LogP contribution in [0, 0.1) is 5.92 Å². The van der Waals surface area contributed by atoms with E-state index in [2.05, 4.69) is 5.32 Å². The third-order valence-corrected chi connectivity index (χ3v) is 3.52. The Morgan fingerprint density at radius 1 is 1.56 bits per heavy atom. The van der Waals surface area contributed by atoms with E-state index in [0.29, 0.717) is 25.5 Å². The van der Waals surface area contributed by atoms with Crippen LogP contribution in [0.15, 0.2) is 0 Å². The smallest absolute Gasteiger partial charge is 0.236 e. The number of amides is 1. The number of methoxy groups -OCH3 is 1. The average molecular weight is 258 g/mol. The van der Waals surface area contributed by atoms with Gasteiger partial charge in [-0.15, -0.1) is 0 Å². The zero-order valence-corrected chi connectivity index (χ0v) is 11.2. The summed E-state index contributed by atoms with van der Waals surface area (Å²) in [7, 11) is 1.64. The van der Waals surface area contributed by atoms with Crippen LogP contribution in [0.1, 0.15) is 38.5 Å². The second-order valence-electron chi connectivity index (χ2n) is 5.17. The molecule has 1 aliphatic carbocycles. The number of rotatable bonds is 7. The highest BCUT2D eigenvalue weighted by molar-refractivity contribution is 5.81. The van der Waals surface area contributed by atoms with E-state index < -0.39 is 6.04 Å². The van der Waals surface area contributed by atoms with Crippen molar-refractivity contribution >= 4 is 5.91 Å². The predicted molar refractivity (Wildman–Crippen MR) is 70.1 cm³/mol. The molecule has 0 bridgehead atoms. The molecule has 0 aliphatic heterocycles. The number of nitrogens with one attached hydrogen (secondary N) is 1. The summed E-state index contributed by atoms with van der Waals surface area (Å²) in [4.78, 5) is 11.7. The van der Waals surface area contributed by atoms with E-state index in [1.54, 1.807) is 7.11 Å². The first-order valence-electron chi connectivity index (χ1n) is 6.83. The molecular formula is C13H26N2O3. The Morgan fingerprint density at radius 3 is 3.00 bits per heavy atom. The lowest BCUT2D eigenvalue weighted by molar-refractivity contribution is -0.122. The van der Waals surface area contributed by atoms with Gasteiger partial charge < -0.3 is 20.9 Å². The Morgan fingerprint density at radius 2 is 2.33 bits per heavy atom. The van der Waals surface area contributed by atoms with Gasteiger partial charge in [0.15, 0.2) is 0 Å². The molecule has 1 fully saturated rings. The van der Waals surface area contributed by atoms with Gasteiger partial charge in [-0.3, -0.25) is 4.79 Å². The molecule has 4 N–H and O–H groups in total. The summed E-state index contributed by atoms with van der Waals surface area (Å²) in [5.74, 6) is 0.301. The molecule has 0 radical (unpaired) electrons. The topological polar surface area (TPSA) is 84.6 Å². The van der Waals surface area contributed by atoms with Crippen molar-refractivity contribution in [2.24, 2.45) is 11.7 Å². The quantitative estimate of drug-likeness (QED) is 0.577. The lowest BCUT2D eigenvalue weighted by Crippen LogP contribution is -2.43. The Hall–Kier alpha value is -0.650. The minimum Gasteiger partial charge on any atom is -0.393 e. The van der Waals surface area contributed by atoms with Gasteiger partial charge in [0.1, 0.15) is 0 Å². The highest BCUT2D eigenvalue weighted by Crippen LogP contribution is 2.23. The van der Waals surface area contributed by atoms with Crippen LogP contribution >= 0.6 is 0 Å². The Labute approximate surface area is 109 Å². The van der Waals surface area contributed by atoms with Crippen molar-refractivity contribution in [1.82, 2.24) is 5.32 Å². The van der Waals surface area contributed by atoms with E-state index in [0.717, 1.165) is 32.1 Å². The molecule has 0 saturated heterocycles. The molecule has 1 amide bonds. The number of hydrogen-bond acceptors (Lipinski definition) is 4. The molecule has 5 heteroatoms. The summed E-state index contributed by atoms with van der Waals surface area (Å²) in [6, 6.07) is -0.450. The fourth-order valence-corrected chi connectivity index (χ4v) is 2.40. The van der Waals surface area contributed by atoms with Crippen LogP contribution in [-0.4, -0.2) is 43.4 Å². The monoisotopic (exact) mass is 258 g/mol. The van der Waals surface area contributed by atoms with Crippen LogP contribution in [0.4, 0.5) is 0 Å². The van der Waals surface area contributed by atoms with E-state index in [4.69, 9.17) is 10.5 Å². The van der Waals surface area contributed by atoms with Crippen molar-refractivity contribution in [3.8, 4) is 0 Å². The van der Waals surface area contributed by atoms with E-state index in [1.165, 1.54) is 0 Å². The maximum Gasteiger partial charge on any atom is 0.236 e. The minimum atomic E-state index is -0.450. The normalized spacial score (nSPS) is 25.7. The van der Waals surface area contributed by atoms with Gasteiger partial charge in [-0.25, -0.2) is 0 Å². The number of carbonyl (C=O) groups is 1.